The van der Waals surface area contributed by atoms with Gasteiger partial charge in [0.1, 0.15) is 0 Å². The summed E-state index contributed by atoms with van der Waals surface area (Å²) >= 11 is 0. The van der Waals surface area contributed by atoms with Gasteiger partial charge in [0, 0.05) is 33.5 Å². The van der Waals surface area contributed by atoms with Crippen molar-refractivity contribution in [3.05, 3.63) is 453 Å². The molecule has 0 N–H and O–H groups in total. The van der Waals surface area contributed by atoms with Gasteiger partial charge in [-0.1, -0.05) is 315 Å². The summed E-state index contributed by atoms with van der Waals surface area (Å²) < 4.78 is 0. The number of nitrogens with zero attached hydrogens (tertiary/aromatic N) is 2. The summed E-state index contributed by atoms with van der Waals surface area (Å²) in [6.45, 7) is 17.4. The molecule has 4 aliphatic carbocycles. The maximum atomic E-state index is 4.14. The van der Waals surface area contributed by atoms with Crippen molar-refractivity contribution < 1.29 is 0 Å². The van der Waals surface area contributed by atoms with Gasteiger partial charge in [-0.25, -0.2) is 0 Å². The van der Waals surface area contributed by atoms with Crippen molar-refractivity contribution in [3.8, 4) is 44.5 Å². The number of rotatable bonds is 14. The van der Waals surface area contributed by atoms with Gasteiger partial charge >= 0.3 is 0 Å². The van der Waals surface area contributed by atoms with Crippen LogP contribution in [0.5, 0.6) is 0 Å². The summed E-state index contributed by atoms with van der Waals surface area (Å²) in [6.07, 6.45) is 5.43. The third-order valence-corrected chi connectivity index (χ3v) is 24.5. The van der Waals surface area contributed by atoms with Crippen LogP contribution in [0.3, 0.4) is 0 Å². The predicted molar refractivity (Wildman–Crippen MR) is 450 cm³/mol. The van der Waals surface area contributed by atoms with Crippen LogP contribution < -0.4 is 9.80 Å². The first-order valence-electron chi connectivity index (χ1n) is 37.7. The first-order chi connectivity index (χ1) is 52.5. The van der Waals surface area contributed by atoms with Crippen molar-refractivity contribution in [1.82, 2.24) is 0 Å². The summed E-state index contributed by atoms with van der Waals surface area (Å²) in [6, 6.07) is 130. The van der Waals surface area contributed by atoms with E-state index in [-0.39, 0.29) is 0 Å². The molecule has 16 aromatic carbocycles. The van der Waals surface area contributed by atoms with Crippen molar-refractivity contribution in [2.24, 2.45) is 0 Å². The van der Waals surface area contributed by atoms with Gasteiger partial charge in [-0.05, 0) is 245 Å². The fourth-order valence-corrected chi connectivity index (χ4v) is 19.7. The van der Waals surface area contributed by atoms with Gasteiger partial charge in [0.15, 0.2) is 0 Å². The SMILES string of the molecule is C=Cc1ccc(CC2(c3cc(C)ccc3C)c3ccccc3-c3ccc(N(c4ccc5c(c4)C4(c6ccccc6-5)c5ccccc5-c5ccc(N(c6ccc7c(c6)C(Cc6ccc(C=C)cc6)(c6cc(C)ccc6C)c6ccccc6-7)c6cccc7ccccc67)cc54)c4cccc5ccccc45)cc32)cc1. The molecule has 508 valence electrons. The molecule has 0 saturated carbocycles. The largest absolute Gasteiger partial charge is 0.310 e. The Hall–Kier alpha value is -12.9. The average Bonchev–Trinajstić information content (AvgIpc) is 1.51. The molecule has 0 heterocycles. The first-order valence-corrected chi connectivity index (χ1v) is 37.7. The van der Waals surface area contributed by atoms with Crippen molar-refractivity contribution in [2.45, 2.75) is 56.8 Å². The molecule has 2 atom stereocenters. The summed E-state index contributed by atoms with van der Waals surface area (Å²) in [4.78, 5) is 5.16. The van der Waals surface area contributed by atoms with Gasteiger partial charge in [0.05, 0.1) is 27.6 Å². The van der Waals surface area contributed by atoms with E-state index in [1.165, 1.54) is 155 Å². The number of benzene rings is 16. The Morgan fingerprint density at radius 3 is 0.972 bits per heavy atom. The molecule has 107 heavy (non-hydrogen) atoms. The van der Waals surface area contributed by atoms with Gasteiger partial charge < -0.3 is 9.80 Å². The summed E-state index contributed by atoms with van der Waals surface area (Å²) in [5, 5.41) is 4.73. The lowest BCUT2D eigenvalue weighted by Gasteiger charge is -2.36. The van der Waals surface area contributed by atoms with Crippen molar-refractivity contribution in [3.63, 3.8) is 0 Å². The van der Waals surface area contributed by atoms with Crippen LogP contribution in [-0.2, 0) is 29.1 Å². The second-order valence-electron chi connectivity index (χ2n) is 30.2. The molecule has 2 unspecified atom stereocenters. The number of fused-ring (bicyclic) bond motifs is 18. The molecule has 0 aliphatic heterocycles. The molecule has 0 fully saturated rings. The van der Waals surface area contributed by atoms with Crippen LogP contribution in [0.1, 0.15) is 100 Å². The third kappa shape index (κ3) is 9.51. The normalized spacial score (nSPS) is 16.5. The van der Waals surface area contributed by atoms with E-state index in [4.69, 9.17) is 0 Å². The van der Waals surface area contributed by atoms with Gasteiger partial charge in [0.25, 0.3) is 0 Å². The molecule has 0 aromatic heterocycles. The lowest BCUT2D eigenvalue weighted by molar-refractivity contribution is 0.624. The van der Waals surface area contributed by atoms with Crippen molar-refractivity contribution in [2.75, 3.05) is 9.80 Å². The van der Waals surface area contributed by atoms with Crippen LogP contribution in [0.25, 0.3) is 78.2 Å². The fraction of sp³-hybridized carbons (Fsp3) is 0.0857. The molecule has 1 spiro atoms. The van der Waals surface area contributed by atoms with Crippen LogP contribution in [0.2, 0.25) is 0 Å². The van der Waals surface area contributed by atoms with Crippen LogP contribution in [-0.4, -0.2) is 0 Å². The molecule has 0 radical (unpaired) electrons. The van der Waals surface area contributed by atoms with Gasteiger partial charge in [-0.2, -0.15) is 0 Å². The smallest absolute Gasteiger partial charge is 0.0727 e. The summed E-state index contributed by atoms with van der Waals surface area (Å²) in [5.74, 6) is 0. The van der Waals surface area contributed by atoms with E-state index >= 15 is 0 Å². The van der Waals surface area contributed by atoms with Crippen molar-refractivity contribution >= 4 is 67.8 Å². The summed E-state index contributed by atoms with van der Waals surface area (Å²) in [5.41, 5.74) is 37.7. The van der Waals surface area contributed by atoms with Crippen LogP contribution in [0, 0.1) is 27.7 Å². The average molecular weight is 1370 g/mol. The van der Waals surface area contributed by atoms with Gasteiger partial charge in [0.2, 0.25) is 0 Å². The molecule has 16 aromatic rings. The minimum Gasteiger partial charge on any atom is -0.310 e. The fourth-order valence-electron chi connectivity index (χ4n) is 19.7. The number of aryl methyl sites for hydroxylation is 4. The van der Waals surface area contributed by atoms with E-state index in [1.807, 2.05) is 12.2 Å². The molecule has 0 bridgehead atoms. The number of anilines is 6. The first kappa shape index (κ1) is 63.8. The molecule has 2 heteroatoms. The Kier molecular flexibility index (Phi) is 14.7. The van der Waals surface area contributed by atoms with Gasteiger partial charge in [-0.3, -0.25) is 0 Å². The maximum absolute atomic E-state index is 4.14. The van der Waals surface area contributed by atoms with Crippen LogP contribution >= 0.6 is 0 Å². The highest BCUT2D eigenvalue weighted by Gasteiger charge is 2.53. The lowest BCUT2D eigenvalue weighted by Crippen LogP contribution is -2.31. The minimum atomic E-state index is -0.740. The van der Waals surface area contributed by atoms with E-state index < -0.39 is 16.2 Å². The summed E-state index contributed by atoms with van der Waals surface area (Å²) in [7, 11) is 0. The molecule has 0 saturated heterocycles. The zero-order valence-corrected chi connectivity index (χ0v) is 60.7. The highest BCUT2D eigenvalue weighted by molar-refractivity contribution is 6.04. The van der Waals surface area contributed by atoms with E-state index in [2.05, 4.69) is 390 Å². The molecule has 4 aliphatic rings. The van der Waals surface area contributed by atoms with Crippen LogP contribution in [0.4, 0.5) is 34.1 Å². The lowest BCUT2D eigenvalue weighted by atomic mass is 9.67. The standard InChI is InChI=1S/C105H78N2/c1-7-71-43-47-73(48-44-71)65-103(95-59-67(3)39-41-69(95)5)91-33-17-13-29-83(91)87-55-51-77(61-97(87)103)106(101-37-21-25-75-23-9-11-27-81(75)101)79-53-57-89-85-31-15-19-35-93(85)105(99(89)63-79)94-36-20-16-32-86(94)90-58-54-80(64-100(90)105)107(102-38-22-26-76-24-10-12-28-82(76)102)78-52-56-88-84-30-14-18-34-92(84)104(98(88)62-78,96-60-68(4)40-42-70(96)6)66-74-49-45-72(8-2)46-50-74/h7-64H,1-2,65-66H2,3-6H3. The van der Waals surface area contributed by atoms with E-state index in [0.717, 1.165) is 58.1 Å². The Morgan fingerprint density at radius 1 is 0.262 bits per heavy atom. The predicted octanol–water partition coefficient (Wildman–Crippen LogP) is 26.9. The Morgan fingerprint density at radius 2 is 0.579 bits per heavy atom. The molecular weight excluding hydrogens is 1290 g/mol. The quantitative estimate of drug-likeness (QED) is 0.107. The second-order valence-corrected chi connectivity index (χ2v) is 30.2. The van der Waals surface area contributed by atoms with E-state index in [9.17, 15) is 0 Å². The Labute approximate surface area is 627 Å². The maximum Gasteiger partial charge on any atom is 0.0727 e. The minimum absolute atomic E-state index is 0.539. The Bertz CT molecular complexity index is 5980. The number of hydrogen-bond acceptors (Lipinski definition) is 2. The number of hydrogen-bond donors (Lipinski definition) is 0. The topological polar surface area (TPSA) is 6.48 Å². The molecular formula is C105H78N2. The molecule has 0 amide bonds. The third-order valence-electron chi connectivity index (χ3n) is 24.5. The monoisotopic (exact) mass is 1370 g/mol. The zero-order chi connectivity index (χ0) is 71.9. The Balaban J connectivity index is 0.822. The highest BCUT2D eigenvalue weighted by Crippen LogP contribution is 2.66. The molecule has 20 rings (SSSR count). The highest BCUT2D eigenvalue weighted by atomic mass is 15.2. The van der Waals surface area contributed by atoms with Crippen LogP contribution in [0.15, 0.2) is 353 Å². The van der Waals surface area contributed by atoms with E-state index in [0.29, 0.717) is 0 Å². The zero-order valence-electron chi connectivity index (χ0n) is 60.7. The van der Waals surface area contributed by atoms with Crippen molar-refractivity contribution in [1.29, 1.82) is 0 Å². The second kappa shape index (κ2) is 24.6. The van der Waals surface area contributed by atoms with Gasteiger partial charge in [-0.15, -0.1) is 0 Å². The van der Waals surface area contributed by atoms with E-state index in [1.54, 1.807) is 0 Å². The molecule has 2 nitrogen and oxygen atoms in total.